The molecular formula is C26H22N2O7S. The van der Waals surface area contributed by atoms with E-state index in [0.29, 0.717) is 27.5 Å². The van der Waals surface area contributed by atoms with Crippen molar-refractivity contribution in [2.75, 3.05) is 0 Å². The first-order chi connectivity index (χ1) is 17.0. The molecule has 6 N–H and O–H groups in total. The molecule has 0 heterocycles. The lowest BCUT2D eigenvalue weighted by atomic mass is 9.96. The van der Waals surface area contributed by atoms with Gasteiger partial charge in [-0.25, -0.2) is 18.4 Å². The Labute approximate surface area is 206 Å². The normalized spacial score (nSPS) is 12.3. The third kappa shape index (κ3) is 5.36. The molecule has 10 heteroatoms. The van der Waals surface area contributed by atoms with Gasteiger partial charge in [0.2, 0.25) is 10.0 Å². The Morgan fingerprint density at radius 3 is 2.11 bits per heavy atom. The van der Waals surface area contributed by atoms with Gasteiger partial charge < -0.3 is 20.6 Å². The van der Waals surface area contributed by atoms with Gasteiger partial charge in [-0.3, -0.25) is 4.79 Å². The van der Waals surface area contributed by atoms with E-state index in [1.807, 2.05) is 0 Å². The number of carbonyl (C=O) groups is 2. The smallest absolute Gasteiger partial charge is 0.335 e. The minimum absolute atomic E-state index is 0.0221. The molecule has 184 valence electrons. The summed E-state index contributed by atoms with van der Waals surface area (Å²) < 4.78 is 22.7. The molecule has 0 aliphatic carbocycles. The van der Waals surface area contributed by atoms with E-state index in [4.69, 9.17) is 10.2 Å². The molecule has 9 nitrogen and oxygen atoms in total. The lowest BCUT2D eigenvalue weighted by molar-refractivity contribution is 0.0696. The first-order valence-electron chi connectivity index (χ1n) is 10.7. The number of hydrogen-bond donors (Lipinski definition) is 5. The van der Waals surface area contributed by atoms with Gasteiger partial charge >= 0.3 is 5.97 Å². The summed E-state index contributed by atoms with van der Waals surface area (Å²) in [6.45, 7) is 0.160. The fourth-order valence-electron chi connectivity index (χ4n) is 3.73. The molecule has 0 saturated heterocycles. The molecule has 4 aromatic rings. The van der Waals surface area contributed by atoms with Crippen LogP contribution in [0.2, 0.25) is 0 Å². The van der Waals surface area contributed by atoms with Gasteiger partial charge in [-0.05, 0) is 70.4 Å². The van der Waals surface area contributed by atoms with Crippen molar-refractivity contribution in [2.45, 2.75) is 17.5 Å². The number of fused-ring (bicyclic) bond motifs is 1. The van der Waals surface area contributed by atoms with Crippen LogP contribution in [0.1, 0.15) is 43.5 Å². The van der Waals surface area contributed by atoms with E-state index >= 15 is 0 Å². The molecule has 0 fully saturated rings. The SMILES string of the molecule is NS(=O)(=O)c1ccc(CNC(=O)c2ccc3cc(O)c(C(O)c4ccc(C(=O)O)cc4)cc3c2)cc1. The predicted octanol–water partition coefficient (Wildman–Crippen LogP) is 2.90. The average molecular weight is 507 g/mol. The molecule has 1 amide bonds. The maximum absolute atomic E-state index is 12.7. The summed E-state index contributed by atoms with van der Waals surface area (Å²) in [7, 11) is -3.80. The number of hydrogen-bond acceptors (Lipinski definition) is 6. The van der Waals surface area contributed by atoms with Gasteiger partial charge in [0.1, 0.15) is 11.9 Å². The number of phenols is 1. The van der Waals surface area contributed by atoms with E-state index in [2.05, 4.69) is 5.32 Å². The maximum atomic E-state index is 12.7. The molecule has 0 bridgehead atoms. The molecule has 0 aliphatic rings. The van der Waals surface area contributed by atoms with Crippen molar-refractivity contribution in [2.24, 2.45) is 5.14 Å². The van der Waals surface area contributed by atoms with Gasteiger partial charge in [-0.15, -0.1) is 0 Å². The summed E-state index contributed by atoms with van der Waals surface area (Å²) in [4.78, 5) is 23.7. The van der Waals surface area contributed by atoms with Gasteiger partial charge in [0.15, 0.2) is 0 Å². The first kappa shape index (κ1) is 24.9. The average Bonchev–Trinajstić information content (AvgIpc) is 2.86. The second kappa shape index (κ2) is 9.78. The van der Waals surface area contributed by atoms with Crippen molar-refractivity contribution < 1.29 is 33.3 Å². The molecule has 0 saturated carbocycles. The Morgan fingerprint density at radius 1 is 0.861 bits per heavy atom. The highest BCUT2D eigenvalue weighted by molar-refractivity contribution is 7.89. The topological polar surface area (TPSA) is 167 Å². The number of sulfonamides is 1. The van der Waals surface area contributed by atoms with Crippen molar-refractivity contribution in [3.05, 3.63) is 107 Å². The second-order valence-corrected chi connectivity index (χ2v) is 9.74. The van der Waals surface area contributed by atoms with Crippen LogP contribution in [-0.2, 0) is 16.6 Å². The summed E-state index contributed by atoms with van der Waals surface area (Å²) in [6.07, 6.45) is -1.21. The Hall–Kier alpha value is -4.25. The van der Waals surface area contributed by atoms with Crippen molar-refractivity contribution in [3.8, 4) is 5.75 Å². The van der Waals surface area contributed by atoms with Crippen LogP contribution in [0.15, 0.2) is 83.8 Å². The predicted molar refractivity (Wildman–Crippen MR) is 132 cm³/mol. The number of benzene rings is 4. The van der Waals surface area contributed by atoms with E-state index in [9.17, 15) is 28.2 Å². The Balaban J connectivity index is 1.54. The molecule has 1 atom stereocenters. The molecule has 4 rings (SSSR count). The van der Waals surface area contributed by atoms with E-state index in [0.717, 1.165) is 0 Å². The first-order valence-corrected chi connectivity index (χ1v) is 12.3. The van der Waals surface area contributed by atoms with Crippen LogP contribution in [0.25, 0.3) is 10.8 Å². The molecule has 36 heavy (non-hydrogen) atoms. The zero-order valence-corrected chi connectivity index (χ0v) is 19.6. The van der Waals surface area contributed by atoms with Gasteiger partial charge in [-0.1, -0.05) is 30.3 Å². The fourth-order valence-corrected chi connectivity index (χ4v) is 4.25. The van der Waals surface area contributed by atoms with E-state index in [1.165, 1.54) is 42.5 Å². The van der Waals surface area contributed by atoms with Gasteiger partial charge in [0, 0.05) is 17.7 Å². The van der Waals surface area contributed by atoms with Gasteiger partial charge in [0.05, 0.1) is 10.5 Å². The van der Waals surface area contributed by atoms with Crippen molar-refractivity contribution in [1.82, 2.24) is 5.32 Å². The second-order valence-electron chi connectivity index (χ2n) is 8.17. The highest BCUT2D eigenvalue weighted by Crippen LogP contribution is 2.33. The summed E-state index contributed by atoms with van der Waals surface area (Å²) >= 11 is 0. The lowest BCUT2D eigenvalue weighted by Crippen LogP contribution is -2.22. The van der Waals surface area contributed by atoms with Crippen molar-refractivity contribution in [3.63, 3.8) is 0 Å². The molecule has 4 aromatic carbocycles. The number of primary sulfonamides is 1. The molecule has 0 aliphatic heterocycles. The number of carbonyl (C=O) groups excluding carboxylic acids is 1. The highest BCUT2D eigenvalue weighted by Gasteiger charge is 2.17. The van der Waals surface area contributed by atoms with Crippen LogP contribution in [0.3, 0.4) is 0 Å². The summed E-state index contributed by atoms with van der Waals surface area (Å²) in [6, 6.07) is 19.4. The fraction of sp³-hybridized carbons (Fsp3) is 0.0769. The van der Waals surface area contributed by atoms with E-state index in [-0.39, 0.29) is 34.2 Å². The maximum Gasteiger partial charge on any atom is 0.335 e. The minimum atomic E-state index is -3.80. The van der Waals surface area contributed by atoms with Crippen LogP contribution in [0.4, 0.5) is 0 Å². The lowest BCUT2D eigenvalue weighted by Gasteiger charge is -2.15. The number of rotatable bonds is 7. The summed E-state index contributed by atoms with van der Waals surface area (Å²) in [5.74, 6) is -1.60. The summed E-state index contributed by atoms with van der Waals surface area (Å²) in [5.41, 5.74) is 1.71. The number of aromatic hydroxyl groups is 1. The largest absolute Gasteiger partial charge is 0.508 e. The zero-order valence-electron chi connectivity index (χ0n) is 18.8. The quantitative estimate of drug-likeness (QED) is 0.257. The number of amides is 1. The standard InChI is InChI=1S/C26H22N2O7S/c27-36(34,35)21-9-1-15(2-10-21)14-28-25(31)19-8-7-18-13-23(29)22(12-20(18)11-19)24(30)16-3-5-17(6-4-16)26(32)33/h1-13,24,29-30H,14H2,(H,28,31)(H,32,33)(H2,27,34,35). The van der Waals surface area contributed by atoms with Crippen LogP contribution >= 0.6 is 0 Å². The van der Waals surface area contributed by atoms with Crippen molar-refractivity contribution >= 4 is 32.7 Å². The number of carboxylic acid groups (broad SMARTS) is 1. The highest BCUT2D eigenvalue weighted by atomic mass is 32.2. The number of nitrogens with one attached hydrogen (secondary N) is 1. The number of phenolic OH excluding ortho intramolecular Hbond substituents is 1. The molecule has 1 unspecified atom stereocenters. The van der Waals surface area contributed by atoms with Crippen LogP contribution in [-0.4, -0.2) is 35.6 Å². The third-order valence-corrected chi connectivity index (χ3v) is 6.65. The van der Waals surface area contributed by atoms with Crippen molar-refractivity contribution in [1.29, 1.82) is 0 Å². The number of aromatic carboxylic acids is 1. The van der Waals surface area contributed by atoms with Gasteiger partial charge in [0.25, 0.3) is 5.91 Å². The van der Waals surface area contributed by atoms with Crippen LogP contribution in [0, 0.1) is 0 Å². The number of carboxylic acids is 1. The van der Waals surface area contributed by atoms with E-state index in [1.54, 1.807) is 36.4 Å². The third-order valence-electron chi connectivity index (χ3n) is 5.72. The monoisotopic (exact) mass is 506 g/mol. The summed E-state index contributed by atoms with van der Waals surface area (Å²) in [5, 5.41) is 39.4. The van der Waals surface area contributed by atoms with E-state index < -0.39 is 22.1 Å². The Morgan fingerprint density at radius 2 is 1.50 bits per heavy atom. The minimum Gasteiger partial charge on any atom is -0.508 e. The number of aliphatic hydroxyl groups is 1. The molecule has 0 spiro atoms. The molecule has 0 radical (unpaired) electrons. The Kier molecular flexibility index (Phi) is 6.75. The number of nitrogens with two attached hydrogens (primary N) is 1. The zero-order chi connectivity index (χ0) is 26.0. The van der Waals surface area contributed by atoms with Crippen LogP contribution < -0.4 is 10.5 Å². The number of aliphatic hydroxyl groups excluding tert-OH is 1. The van der Waals surface area contributed by atoms with Gasteiger partial charge in [-0.2, -0.15) is 0 Å². The molecular weight excluding hydrogens is 484 g/mol. The van der Waals surface area contributed by atoms with Crippen LogP contribution in [0.5, 0.6) is 5.75 Å². The Bertz CT molecular complexity index is 1560. The molecule has 0 aromatic heterocycles.